The fourth-order valence-electron chi connectivity index (χ4n) is 2.21. The van der Waals surface area contributed by atoms with E-state index < -0.39 is 0 Å². The molecule has 0 fully saturated rings. The standard InChI is InChI=1S/C16H11Cl2N3/c1-10-5-13(6-12(8-19)9-20)11(2)21(10)16-4-3-14(17)7-15(16)18/h3-7H,1-2H3. The Morgan fingerprint density at radius 3 is 2.38 bits per heavy atom. The average molecular weight is 316 g/mol. The van der Waals surface area contributed by atoms with Gasteiger partial charge in [0.1, 0.15) is 17.7 Å². The molecule has 0 aliphatic carbocycles. The maximum absolute atomic E-state index is 8.86. The Bertz CT molecular complexity index is 801. The van der Waals surface area contributed by atoms with Gasteiger partial charge in [-0.2, -0.15) is 10.5 Å². The molecule has 0 N–H and O–H groups in total. The summed E-state index contributed by atoms with van der Waals surface area (Å²) in [4.78, 5) is 0. The summed E-state index contributed by atoms with van der Waals surface area (Å²) in [5.74, 6) is 0. The molecule has 1 heterocycles. The van der Waals surface area contributed by atoms with E-state index in [1.807, 2.05) is 42.7 Å². The van der Waals surface area contributed by atoms with Crippen molar-refractivity contribution < 1.29 is 0 Å². The summed E-state index contributed by atoms with van der Waals surface area (Å²) in [6, 6.07) is 10.9. The quantitative estimate of drug-likeness (QED) is 0.745. The van der Waals surface area contributed by atoms with E-state index >= 15 is 0 Å². The van der Waals surface area contributed by atoms with Crippen LogP contribution in [-0.2, 0) is 0 Å². The van der Waals surface area contributed by atoms with Gasteiger partial charge in [-0.05, 0) is 49.8 Å². The molecule has 5 heteroatoms. The molecule has 1 aromatic heterocycles. The molecule has 0 unspecified atom stereocenters. The Morgan fingerprint density at radius 1 is 1.14 bits per heavy atom. The van der Waals surface area contributed by atoms with Crippen LogP contribution in [0.5, 0.6) is 0 Å². The molecule has 0 bridgehead atoms. The fraction of sp³-hybridized carbons (Fsp3) is 0.125. The number of benzene rings is 1. The van der Waals surface area contributed by atoms with Gasteiger partial charge in [-0.15, -0.1) is 0 Å². The molecular formula is C16H11Cl2N3. The molecule has 0 radical (unpaired) electrons. The molecule has 2 aromatic rings. The fourth-order valence-corrected chi connectivity index (χ4v) is 2.71. The van der Waals surface area contributed by atoms with E-state index in [1.54, 1.807) is 18.2 Å². The Kier molecular flexibility index (Phi) is 4.38. The van der Waals surface area contributed by atoms with E-state index in [-0.39, 0.29) is 5.57 Å². The molecule has 2 rings (SSSR count). The predicted molar refractivity (Wildman–Crippen MR) is 84.5 cm³/mol. The first-order chi connectivity index (χ1) is 9.97. The molecule has 0 aliphatic heterocycles. The minimum Gasteiger partial charge on any atom is -0.316 e. The van der Waals surface area contributed by atoms with Crippen molar-refractivity contribution in [1.29, 1.82) is 10.5 Å². The van der Waals surface area contributed by atoms with Crippen molar-refractivity contribution in [2.24, 2.45) is 0 Å². The molecule has 0 aliphatic rings. The van der Waals surface area contributed by atoms with E-state index in [0.717, 1.165) is 22.6 Å². The van der Waals surface area contributed by atoms with Gasteiger partial charge in [0.05, 0.1) is 10.7 Å². The molecule has 0 saturated carbocycles. The van der Waals surface area contributed by atoms with Crippen molar-refractivity contribution in [3.63, 3.8) is 0 Å². The number of hydrogen-bond acceptors (Lipinski definition) is 2. The zero-order chi connectivity index (χ0) is 15.6. The monoisotopic (exact) mass is 315 g/mol. The lowest BCUT2D eigenvalue weighted by Gasteiger charge is -2.11. The molecule has 3 nitrogen and oxygen atoms in total. The lowest BCUT2D eigenvalue weighted by Crippen LogP contribution is -2.00. The Balaban J connectivity index is 2.63. The highest BCUT2D eigenvalue weighted by Crippen LogP contribution is 2.29. The van der Waals surface area contributed by atoms with Crippen molar-refractivity contribution in [2.45, 2.75) is 13.8 Å². The number of nitrogens with zero attached hydrogens (tertiary/aromatic N) is 3. The van der Waals surface area contributed by atoms with E-state index in [2.05, 4.69) is 0 Å². The number of rotatable bonds is 2. The number of nitriles is 2. The minimum atomic E-state index is 0.0671. The third kappa shape index (κ3) is 2.95. The zero-order valence-corrected chi connectivity index (χ0v) is 13.0. The number of allylic oxidation sites excluding steroid dienone is 1. The number of aryl methyl sites for hydroxylation is 1. The van der Waals surface area contributed by atoms with Crippen LogP contribution in [0.2, 0.25) is 10.0 Å². The summed E-state index contributed by atoms with van der Waals surface area (Å²) >= 11 is 12.2. The van der Waals surface area contributed by atoms with Gasteiger partial charge in [0, 0.05) is 16.4 Å². The maximum Gasteiger partial charge on any atom is 0.130 e. The second-order valence-corrected chi connectivity index (χ2v) is 5.38. The second kappa shape index (κ2) is 6.06. The third-order valence-corrected chi connectivity index (χ3v) is 3.70. The minimum absolute atomic E-state index is 0.0671. The van der Waals surface area contributed by atoms with E-state index in [9.17, 15) is 0 Å². The zero-order valence-electron chi connectivity index (χ0n) is 11.5. The van der Waals surface area contributed by atoms with Crippen LogP contribution in [0.3, 0.4) is 0 Å². The number of aromatic nitrogens is 1. The van der Waals surface area contributed by atoms with Crippen LogP contribution in [0.15, 0.2) is 29.8 Å². The van der Waals surface area contributed by atoms with Crippen molar-refractivity contribution in [3.8, 4) is 17.8 Å². The van der Waals surface area contributed by atoms with E-state index in [1.165, 1.54) is 0 Å². The number of halogens is 2. The van der Waals surface area contributed by atoms with Gasteiger partial charge < -0.3 is 4.57 Å². The van der Waals surface area contributed by atoms with E-state index in [0.29, 0.717) is 10.0 Å². The largest absolute Gasteiger partial charge is 0.316 e. The van der Waals surface area contributed by atoms with Crippen molar-refractivity contribution in [3.05, 3.63) is 56.8 Å². The van der Waals surface area contributed by atoms with Crippen LogP contribution in [0.25, 0.3) is 11.8 Å². The Labute approximate surface area is 133 Å². The lowest BCUT2D eigenvalue weighted by atomic mass is 10.1. The van der Waals surface area contributed by atoms with Gasteiger partial charge in [-0.25, -0.2) is 0 Å². The molecule has 0 saturated heterocycles. The van der Waals surface area contributed by atoms with Crippen LogP contribution in [0.4, 0.5) is 0 Å². The molecule has 0 amide bonds. The first-order valence-electron chi connectivity index (χ1n) is 6.14. The van der Waals surface area contributed by atoms with Crippen molar-refractivity contribution in [2.75, 3.05) is 0 Å². The van der Waals surface area contributed by atoms with Gasteiger partial charge in [0.25, 0.3) is 0 Å². The van der Waals surface area contributed by atoms with Crippen LogP contribution >= 0.6 is 23.2 Å². The third-order valence-electron chi connectivity index (χ3n) is 3.16. The van der Waals surface area contributed by atoms with Gasteiger partial charge >= 0.3 is 0 Å². The first-order valence-corrected chi connectivity index (χ1v) is 6.89. The summed E-state index contributed by atoms with van der Waals surface area (Å²) < 4.78 is 1.97. The molecule has 104 valence electrons. The molecule has 21 heavy (non-hydrogen) atoms. The van der Waals surface area contributed by atoms with Crippen molar-refractivity contribution >= 4 is 29.3 Å². The van der Waals surface area contributed by atoms with Crippen LogP contribution in [-0.4, -0.2) is 4.57 Å². The van der Waals surface area contributed by atoms with Gasteiger partial charge in [0.2, 0.25) is 0 Å². The average Bonchev–Trinajstić information content (AvgIpc) is 2.71. The van der Waals surface area contributed by atoms with Gasteiger partial charge in [0.15, 0.2) is 0 Å². The molecule has 0 atom stereocenters. The summed E-state index contributed by atoms with van der Waals surface area (Å²) in [5, 5.41) is 18.8. The summed E-state index contributed by atoms with van der Waals surface area (Å²) in [5.41, 5.74) is 3.55. The van der Waals surface area contributed by atoms with Crippen LogP contribution in [0.1, 0.15) is 17.0 Å². The molecule has 0 spiro atoms. The highest BCUT2D eigenvalue weighted by atomic mass is 35.5. The highest BCUT2D eigenvalue weighted by molar-refractivity contribution is 6.35. The van der Waals surface area contributed by atoms with Crippen molar-refractivity contribution in [1.82, 2.24) is 4.57 Å². The second-order valence-electron chi connectivity index (χ2n) is 4.54. The number of hydrogen-bond donors (Lipinski definition) is 0. The SMILES string of the molecule is Cc1cc(C=C(C#N)C#N)c(C)n1-c1ccc(Cl)cc1Cl. The van der Waals surface area contributed by atoms with Gasteiger partial charge in [-0.3, -0.25) is 0 Å². The smallest absolute Gasteiger partial charge is 0.130 e. The van der Waals surface area contributed by atoms with Crippen LogP contribution < -0.4 is 0 Å². The lowest BCUT2D eigenvalue weighted by molar-refractivity contribution is 0.965. The predicted octanol–water partition coefficient (Wildman–Crippen LogP) is 4.83. The topological polar surface area (TPSA) is 52.5 Å². The van der Waals surface area contributed by atoms with Gasteiger partial charge in [-0.1, -0.05) is 23.2 Å². The summed E-state index contributed by atoms with van der Waals surface area (Å²) in [6.45, 7) is 3.85. The maximum atomic E-state index is 8.86. The summed E-state index contributed by atoms with van der Waals surface area (Å²) in [7, 11) is 0. The van der Waals surface area contributed by atoms with E-state index in [4.69, 9.17) is 33.7 Å². The first kappa shape index (κ1) is 15.2. The normalized spacial score (nSPS) is 9.81. The van der Waals surface area contributed by atoms with Crippen LogP contribution in [0, 0.1) is 36.5 Å². The highest BCUT2D eigenvalue weighted by Gasteiger charge is 2.12. The summed E-state index contributed by atoms with van der Waals surface area (Å²) in [6.07, 6.45) is 1.57. The Hall–Kier alpha value is -2.20. The molecule has 1 aromatic carbocycles. The Morgan fingerprint density at radius 2 is 1.81 bits per heavy atom. The molecular weight excluding hydrogens is 305 g/mol.